The molecule has 0 amide bonds. The fourth-order valence-electron chi connectivity index (χ4n) is 2.19. The van der Waals surface area contributed by atoms with Gasteiger partial charge in [0.15, 0.2) is 0 Å². The number of alkyl halides is 1. The highest BCUT2D eigenvalue weighted by atomic mass is 35.5. The molecule has 17 heavy (non-hydrogen) atoms. The lowest BCUT2D eigenvalue weighted by atomic mass is 9.95. The van der Waals surface area contributed by atoms with E-state index in [2.05, 4.69) is 4.98 Å². The summed E-state index contributed by atoms with van der Waals surface area (Å²) in [6.45, 7) is 0. The number of ether oxygens (including phenoxy) is 2. The van der Waals surface area contributed by atoms with E-state index in [1.165, 1.54) is 0 Å². The number of methoxy groups -OCH3 is 1. The van der Waals surface area contributed by atoms with E-state index >= 15 is 0 Å². The van der Waals surface area contributed by atoms with Crippen LogP contribution in [0.15, 0.2) is 18.2 Å². The molecule has 0 spiro atoms. The molecule has 1 aliphatic rings. The number of pyridine rings is 1. The molecule has 0 N–H and O–H groups in total. The summed E-state index contributed by atoms with van der Waals surface area (Å²) < 4.78 is 11.3. The van der Waals surface area contributed by atoms with Gasteiger partial charge < -0.3 is 9.47 Å². The summed E-state index contributed by atoms with van der Waals surface area (Å²) in [5.74, 6) is 1.09. The molecule has 1 aromatic rings. The fourth-order valence-corrected chi connectivity index (χ4v) is 2.34. The van der Waals surface area contributed by atoms with Crippen LogP contribution in [0.4, 0.5) is 0 Å². The molecule has 0 aromatic carbocycles. The predicted molar refractivity (Wildman–Crippen MR) is 67.5 cm³/mol. The highest BCUT2D eigenvalue weighted by Gasteiger charge is 2.23. The fraction of sp³-hybridized carbons (Fsp3) is 0.615. The van der Waals surface area contributed by atoms with Gasteiger partial charge in [0.25, 0.3) is 0 Å². The smallest absolute Gasteiger partial charge is 0.213 e. The monoisotopic (exact) mass is 255 g/mol. The van der Waals surface area contributed by atoms with E-state index in [0.717, 1.165) is 31.4 Å². The normalized spacial score (nSPS) is 24.6. The van der Waals surface area contributed by atoms with Gasteiger partial charge in [0.05, 0.1) is 17.7 Å². The van der Waals surface area contributed by atoms with Gasteiger partial charge in [0.2, 0.25) is 5.88 Å². The third-order valence-corrected chi connectivity index (χ3v) is 3.39. The van der Waals surface area contributed by atoms with Crippen molar-refractivity contribution in [3.05, 3.63) is 23.9 Å². The number of nitrogens with zero attached hydrogens (tertiary/aromatic N) is 1. The lowest BCUT2D eigenvalue weighted by Gasteiger charge is -2.28. The van der Waals surface area contributed by atoms with Gasteiger partial charge in [-0.25, -0.2) is 4.98 Å². The molecule has 1 aromatic heterocycles. The van der Waals surface area contributed by atoms with E-state index in [1.807, 2.05) is 18.2 Å². The number of hydrogen-bond donors (Lipinski definition) is 0. The number of hydrogen-bond acceptors (Lipinski definition) is 3. The second-order valence-electron chi connectivity index (χ2n) is 4.36. The standard InChI is InChI=1S/C13H18ClNO2/c1-16-11-5-3-6-12(8-11)17-13-7-2-4-10(9-14)15-13/h2,4,7,11-12H,3,5-6,8-9H2,1H3. The lowest BCUT2D eigenvalue weighted by Crippen LogP contribution is -2.29. The minimum absolute atomic E-state index is 0.215. The minimum atomic E-state index is 0.215. The van der Waals surface area contributed by atoms with E-state index < -0.39 is 0 Å². The molecular formula is C13H18ClNO2. The number of aromatic nitrogens is 1. The van der Waals surface area contributed by atoms with Gasteiger partial charge in [-0.05, 0) is 25.3 Å². The maximum atomic E-state index is 5.88. The molecule has 4 heteroatoms. The molecule has 1 saturated carbocycles. The van der Waals surface area contributed by atoms with Crippen molar-refractivity contribution in [2.75, 3.05) is 7.11 Å². The zero-order valence-corrected chi connectivity index (χ0v) is 10.8. The number of halogens is 1. The Labute approximate surface area is 107 Å². The summed E-state index contributed by atoms with van der Waals surface area (Å²) in [5.41, 5.74) is 0.850. The molecular weight excluding hydrogens is 238 g/mol. The first-order valence-corrected chi connectivity index (χ1v) is 6.56. The third kappa shape index (κ3) is 3.58. The van der Waals surface area contributed by atoms with Crippen LogP contribution < -0.4 is 4.74 Å². The minimum Gasteiger partial charge on any atom is -0.474 e. The molecule has 3 nitrogen and oxygen atoms in total. The third-order valence-electron chi connectivity index (χ3n) is 3.12. The molecule has 2 rings (SSSR count). The largest absolute Gasteiger partial charge is 0.474 e. The second-order valence-corrected chi connectivity index (χ2v) is 4.63. The Hall–Kier alpha value is -0.800. The van der Waals surface area contributed by atoms with Gasteiger partial charge in [0, 0.05) is 19.6 Å². The van der Waals surface area contributed by atoms with E-state index in [1.54, 1.807) is 7.11 Å². The Kier molecular flexibility index (Phi) is 4.63. The maximum Gasteiger partial charge on any atom is 0.213 e. The molecule has 94 valence electrons. The Balaban J connectivity index is 1.95. The second kappa shape index (κ2) is 6.22. The van der Waals surface area contributed by atoms with Crippen LogP contribution >= 0.6 is 11.6 Å². The first-order valence-electron chi connectivity index (χ1n) is 6.03. The Morgan fingerprint density at radius 1 is 1.35 bits per heavy atom. The summed E-state index contributed by atoms with van der Waals surface area (Å²) in [6, 6.07) is 5.71. The van der Waals surface area contributed by atoms with Crippen LogP contribution in [0.25, 0.3) is 0 Å². The van der Waals surface area contributed by atoms with Crippen molar-refractivity contribution >= 4 is 11.6 Å². The van der Waals surface area contributed by atoms with Crippen molar-refractivity contribution in [2.24, 2.45) is 0 Å². The molecule has 0 saturated heterocycles. The van der Waals surface area contributed by atoms with Gasteiger partial charge in [-0.2, -0.15) is 0 Å². The zero-order valence-electron chi connectivity index (χ0n) is 10.1. The summed E-state index contributed by atoms with van der Waals surface area (Å²) in [6.07, 6.45) is 4.84. The van der Waals surface area contributed by atoms with E-state index in [-0.39, 0.29) is 6.10 Å². The quantitative estimate of drug-likeness (QED) is 0.775. The maximum absolute atomic E-state index is 5.88. The average Bonchev–Trinajstić information content (AvgIpc) is 2.39. The number of rotatable bonds is 4. The van der Waals surface area contributed by atoms with Crippen LogP contribution in [-0.2, 0) is 10.6 Å². The van der Waals surface area contributed by atoms with Gasteiger partial charge >= 0.3 is 0 Å². The van der Waals surface area contributed by atoms with Gasteiger partial charge in [-0.1, -0.05) is 6.07 Å². The van der Waals surface area contributed by atoms with Crippen LogP contribution in [0, 0.1) is 0 Å². The Morgan fingerprint density at radius 3 is 2.94 bits per heavy atom. The lowest BCUT2D eigenvalue weighted by molar-refractivity contribution is 0.0195. The molecule has 0 bridgehead atoms. The van der Waals surface area contributed by atoms with Crippen LogP contribution in [-0.4, -0.2) is 24.3 Å². The van der Waals surface area contributed by atoms with Crippen molar-refractivity contribution in [1.29, 1.82) is 0 Å². The van der Waals surface area contributed by atoms with Crippen molar-refractivity contribution in [1.82, 2.24) is 4.98 Å². The molecule has 2 atom stereocenters. The van der Waals surface area contributed by atoms with Crippen molar-refractivity contribution in [3.63, 3.8) is 0 Å². The first kappa shape index (κ1) is 12.7. The van der Waals surface area contributed by atoms with Crippen LogP contribution in [0.2, 0.25) is 0 Å². The molecule has 1 aliphatic carbocycles. The van der Waals surface area contributed by atoms with Crippen LogP contribution in [0.5, 0.6) is 5.88 Å². The van der Waals surface area contributed by atoms with Crippen LogP contribution in [0.3, 0.4) is 0 Å². The summed E-state index contributed by atoms with van der Waals surface area (Å²) in [7, 11) is 1.76. The molecule has 1 heterocycles. The molecule has 2 unspecified atom stereocenters. The first-order chi connectivity index (χ1) is 8.31. The Morgan fingerprint density at radius 2 is 2.18 bits per heavy atom. The van der Waals surface area contributed by atoms with Crippen LogP contribution in [0.1, 0.15) is 31.4 Å². The highest BCUT2D eigenvalue weighted by molar-refractivity contribution is 6.16. The van der Waals surface area contributed by atoms with E-state index in [0.29, 0.717) is 17.9 Å². The predicted octanol–water partition coefficient (Wildman–Crippen LogP) is 3.16. The highest BCUT2D eigenvalue weighted by Crippen LogP contribution is 2.24. The van der Waals surface area contributed by atoms with Crippen molar-refractivity contribution < 1.29 is 9.47 Å². The molecule has 1 fully saturated rings. The van der Waals surface area contributed by atoms with Crippen molar-refractivity contribution in [3.8, 4) is 5.88 Å². The average molecular weight is 256 g/mol. The summed E-state index contributed by atoms with van der Waals surface area (Å²) in [4.78, 5) is 4.34. The van der Waals surface area contributed by atoms with Crippen molar-refractivity contribution in [2.45, 2.75) is 43.8 Å². The van der Waals surface area contributed by atoms with Gasteiger partial charge in [0.1, 0.15) is 6.10 Å². The van der Waals surface area contributed by atoms with Gasteiger partial charge in [-0.15, -0.1) is 11.6 Å². The van der Waals surface area contributed by atoms with E-state index in [4.69, 9.17) is 21.1 Å². The van der Waals surface area contributed by atoms with E-state index in [9.17, 15) is 0 Å². The zero-order chi connectivity index (χ0) is 12.1. The van der Waals surface area contributed by atoms with Gasteiger partial charge in [-0.3, -0.25) is 0 Å². The summed E-state index contributed by atoms with van der Waals surface area (Å²) >= 11 is 5.75. The summed E-state index contributed by atoms with van der Waals surface area (Å²) in [5, 5.41) is 0. The SMILES string of the molecule is COC1CCCC(Oc2cccc(CCl)n2)C1. The Bertz CT molecular complexity index is 359. The molecule has 0 aliphatic heterocycles. The topological polar surface area (TPSA) is 31.4 Å². The molecule has 0 radical (unpaired) electrons.